The Hall–Kier alpha value is -2.64. The number of fused-ring (bicyclic) bond motifs is 1. The molecule has 1 saturated carbocycles. The Morgan fingerprint density at radius 3 is 2.60 bits per heavy atom. The zero-order valence-corrected chi connectivity index (χ0v) is 17.5. The molecule has 3 aromatic rings. The van der Waals surface area contributed by atoms with Gasteiger partial charge in [-0.25, -0.2) is 13.1 Å². The maximum absolute atomic E-state index is 12.9. The summed E-state index contributed by atoms with van der Waals surface area (Å²) in [5.74, 6) is -0.536. The number of aliphatic carboxylic acids is 1. The van der Waals surface area contributed by atoms with E-state index in [1.165, 1.54) is 6.42 Å². The first-order valence-electron chi connectivity index (χ1n) is 10.4. The smallest absolute Gasteiger partial charge is 0.307 e. The summed E-state index contributed by atoms with van der Waals surface area (Å²) in [6.07, 6.45) is 5.54. The van der Waals surface area contributed by atoms with Gasteiger partial charge in [-0.2, -0.15) is 0 Å². The molecule has 2 aromatic carbocycles. The molecule has 1 aliphatic rings. The van der Waals surface area contributed by atoms with E-state index < -0.39 is 16.0 Å². The van der Waals surface area contributed by atoms with Gasteiger partial charge in [-0.1, -0.05) is 49.6 Å². The van der Waals surface area contributed by atoms with E-state index in [0.29, 0.717) is 29.3 Å². The van der Waals surface area contributed by atoms with Crippen LogP contribution in [0.25, 0.3) is 22.2 Å². The van der Waals surface area contributed by atoms with Crippen LogP contribution in [0.15, 0.2) is 53.4 Å². The first-order valence-corrected chi connectivity index (χ1v) is 11.8. The van der Waals surface area contributed by atoms with Crippen molar-refractivity contribution in [1.29, 1.82) is 0 Å². The molecule has 0 amide bonds. The van der Waals surface area contributed by atoms with E-state index in [0.717, 1.165) is 36.6 Å². The Morgan fingerprint density at radius 2 is 1.83 bits per heavy atom. The van der Waals surface area contributed by atoms with Crippen molar-refractivity contribution in [3.8, 4) is 11.3 Å². The molecule has 30 heavy (non-hydrogen) atoms. The van der Waals surface area contributed by atoms with E-state index in [9.17, 15) is 18.3 Å². The number of H-pyrrole nitrogens is 1. The maximum atomic E-state index is 12.9. The van der Waals surface area contributed by atoms with Crippen molar-refractivity contribution in [3.63, 3.8) is 0 Å². The number of para-hydroxylation sites is 1. The fourth-order valence-corrected chi connectivity index (χ4v) is 5.46. The molecule has 3 N–H and O–H groups in total. The molecule has 0 spiro atoms. The van der Waals surface area contributed by atoms with Gasteiger partial charge in [-0.3, -0.25) is 4.79 Å². The van der Waals surface area contributed by atoms with Crippen molar-refractivity contribution in [3.05, 3.63) is 54.1 Å². The van der Waals surface area contributed by atoms with Gasteiger partial charge in [0.1, 0.15) is 0 Å². The summed E-state index contributed by atoms with van der Waals surface area (Å²) in [5, 5.41) is 10.2. The highest BCUT2D eigenvalue weighted by atomic mass is 32.2. The van der Waals surface area contributed by atoms with Crippen LogP contribution in [-0.2, 0) is 21.2 Å². The van der Waals surface area contributed by atoms with Crippen molar-refractivity contribution in [2.45, 2.75) is 43.4 Å². The predicted molar refractivity (Wildman–Crippen MR) is 117 cm³/mol. The SMILES string of the molecule is O=C(O)Cc1c(-c2cccc(S(=O)(=O)NCC3CCCCC3)c2)[nH]c2ccccc12. The molecule has 1 aliphatic carbocycles. The van der Waals surface area contributed by atoms with Gasteiger partial charge >= 0.3 is 5.97 Å². The van der Waals surface area contributed by atoms with Crippen LogP contribution in [0.3, 0.4) is 0 Å². The Morgan fingerprint density at radius 1 is 1.07 bits per heavy atom. The third-order valence-electron chi connectivity index (χ3n) is 5.86. The monoisotopic (exact) mass is 426 g/mol. The van der Waals surface area contributed by atoms with E-state index >= 15 is 0 Å². The van der Waals surface area contributed by atoms with Gasteiger partial charge in [-0.05, 0) is 48.1 Å². The highest BCUT2D eigenvalue weighted by Gasteiger charge is 2.21. The van der Waals surface area contributed by atoms with Crippen LogP contribution in [0.1, 0.15) is 37.7 Å². The second kappa shape index (κ2) is 8.62. The summed E-state index contributed by atoms with van der Waals surface area (Å²) >= 11 is 0. The Labute approximate surface area is 176 Å². The lowest BCUT2D eigenvalue weighted by Gasteiger charge is -2.21. The second-order valence-corrected chi connectivity index (χ2v) is 9.75. The lowest BCUT2D eigenvalue weighted by Crippen LogP contribution is -2.30. The quantitative estimate of drug-likeness (QED) is 0.524. The lowest BCUT2D eigenvalue weighted by molar-refractivity contribution is -0.136. The minimum atomic E-state index is -3.64. The number of benzene rings is 2. The maximum Gasteiger partial charge on any atom is 0.307 e. The molecule has 1 fully saturated rings. The van der Waals surface area contributed by atoms with Gasteiger partial charge in [0.2, 0.25) is 10.0 Å². The largest absolute Gasteiger partial charge is 0.481 e. The number of hydrogen-bond donors (Lipinski definition) is 3. The standard InChI is InChI=1S/C23H26N2O4S/c26-22(27)14-20-19-11-4-5-12-21(19)25-23(20)17-9-6-10-18(13-17)30(28,29)24-15-16-7-2-1-3-8-16/h4-6,9-13,16,24-25H,1-3,7-8,14-15H2,(H,26,27). The molecule has 6 nitrogen and oxygen atoms in total. The van der Waals surface area contributed by atoms with Crippen molar-refractivity contribution < 1.29 is 18.3 Å². The number of aromatic amines is 1. The molecule has 1 heterocycles. The molecule has 0 bridgehead atoms. The molecule has 0 unspecified atom stereocenters. The molecular weight excluding hydrogens is 400 g/mol. The summed E-state index contributed by atoms with van der Waals surface area (Å²) < 4.78 is 28.5. The Kier molecular flexibility index (Phi) is 5.92. The average Bonchev–Trinajstić information content (AvgIpc) is 3.11. The molecule has 0 aliphatic heterocycles. The van der Waals surface area contributed by atoms with Crippen molar-refractivity contribution in [1.82, 2.24) is 9.71 Å². The third-order valence-corrected chi connectivity index (χ3v) is 7.28. The van der Waals surface area contributed by atoms with Crippen LogP contribution in [0.2, 0.25) is 0 Å². The topological polar surface area (TPSA) is 99.3 Å². The number of carbonyl (C=O) groups is 1. The predicted octanol–water partition coefficient (Wildman–Crippen LogP) is 4.32. The fraction of sp³-hybridized carbons (Fsp3) is 0.348. The van der Waals surface area contributed by atoms with E-state index in [-0.39, 0.29) is 11.3 Å². The van der Waals surface area contributed by atoms with Crippen LogP contribution < -0.4 is 4.72 Å². The fourth-order valence-electron chi connectivity index (χ4n) is 4.30. The van der Waals surface area contributed by atoms with Gasteiger partial charge in [-0.15, -0.1) is 0 Å². The van der Waals surface area contributed by atoms with Gasteiger partial charge in [0.15, 0.2) is 0 Å². The lowest BCUT2D eigenvalue weighted by atomic mass is 9.90. The molecule has 0 saturated heterocycles. The van der Waals surface area contributed by atoms with Crippen LogP contribution in [-0.4, -0.2) is 31.0 Å². The van der Waals surface area contributed by atoms with Crippen molar-refractivity contribution >= 4 is 26.9 Å². The Balaban J connectivity index is 1.65. The number of aromatic nitrogens is 1. The van der Waals surface area contributed by atoms with Gasteiger partial charge in [0, 0.05) is 17.4 Å². The normalized spacial score (nSPS) is 15.5. The van der Waals surface area contributed by atoms with Crippen LogP contribution in [0, 0.1) is 5.92 Å². The highest BCUT2D eigenvalue weighted by Crippen LogP contribution is 2.32. The zero-order valence-electron chi connectivity index (χ0n) is 16.7. The van der Waals surface area contributed by atoms with E-state index in [1.54, 1.807) is 24.3 Å². The summed E-state index contributed by atoms with van der Waals surface area (Å²) in [5.41, 5.74) is 2.78. The van der Waals surface area contributed by atoms with Gasteiger partial charge in [0.05, 0.1) is 17.0 Å². The summed E-state index contributed by atoms with van der Waals surface area (Å²) in [4.78, 5) is 14.9. The summed E-state index contributed by atoms with van der Waals surface area (Å²) in [6, 6.07) is 14.2. The Bertz CT molecular complexity index is 1160. The van der Waals surface area contributed by atoms with Crippen LogP contribution in [0.4, 0.5) is 0 Å². The minimum Gasteiger partial charge on any atom is -0.481 e. The number of sulfonamides is 1. The molecule has 0 radical (unpaired) electrons. The minimum absolute atomic E-state index is 0.143. The third kappa shape index (κ3) is 4.42. The average molecular weight is 427 g/mol. The van der Waals surface area contributed by atoms with E-state index in [2.05, 4.69) is 9.71 Å². The summed E-state index contributed by atoms with van der Waals surface area (Å²) in [7, 11) is -3.64. The van der Waals surface area contributed by atoms with Crippen LogP contribution >= 0.6 is 0 Å². The molecule has 7 heteroatoms. The number of hydrogen-bond acceptors (Lipinski definition) is 3. The highest BCUT2D eigenvalue weighted by molar-refractivity contribution is 7.89. The first-order chi connectivity index (χ1) is 14.4. The number of carboxylic acids is 1. The molecule has 158 valence electrons. The molecular formula is C23H26N2O4S. The number of rotatable bonds is 7. The van der Waals surface area contributed by atoms with Crippen LogP contribution in [0.5, 0.6) is 0 Å². The van der Waals surface area contributed by atoms with Crippen molar-refractivity contribution in [2.75, 3.05) is 6.54 Å². The summed E-state index contributed by atoms with van der Waals surface area (Å²) in [6.45, 7) is 0.462. The first kappa shape index (κ1) is 20.6. The molecule has 0 atom stereocenters. The molecule has 4 rings (SSSR count). The van der Waals surface area contributed by atoms with Gasteiger partial charge in [0.25, 0.3) is 0 Å². The molecule has 1 aromatic heterocycles. The van der Waals surface area contributed by atoms with Gasteiger partial charge < -0.3 is 10.1 Å². The second-order valence-electron chi connectivity index (χ2n) is 7.98. The van der Waals surface area contributed by atoms with Crippen molar-refractivity contribution in [2.24, 2.45) is 5.92 Å². The number of nitrogens with one attached hydrogen (secondary N) is 2. The zero-order chi connectivity index (χ0) is 21.1. The number of carboxylic acid groups (broad SMARTS) is 1. The van der Waals surface area contributed by atoms with E-state index in [4.69, 9.17) is 0 Å². The van der Waals surface area contributed by atoms with E-state index in [1.807, 2.05) is 24.3 Å².